The summed E-state index contributed by atoms with van der Waals surface area (Å²) in [6, 6.07) is 19.7. The van der Waals surface area contributed by atoms with Crippen LogP contribution in [-0.4, -0.2) is 13.0 Å². The van der Waals surface area contributed by atoms with Crippen LogP contribution in [0.5, 0.6) is 5.75 Å². The molecule has 0 aliphatic carbocycles. The lowest BCUT2D eigenvalue weighted by atomic mass is 9.93. The summed E-state index contributed by atoms with van der Waals surface area (Å²) in [7, 11) is 1.70. The van der Waals surface area contributed by atoms with Gasteiger partial charge in [0, 0.05) is 21.2 Å². The van der Waals surface area contributed by atoms with E-state index in [1.165, 1.54) is 10.5 Å². The lowest BCUT2D eigenvalue weighted by molar-refractivity contribution is 0.0940. The molecule has 3 rings (SSSR count). The van der Waals surface area contributed by atoms with Gasteiger partial charge in [-0.1, -0.05) is 37.6 Å². The van der Waals surface area contributed by atoms with Crippen LogP contribution in [0.15, 0.2) is 65.6 Å². The van der Waals surface area contributed by atoms with E-state index in [0.29, 0.717) is 11.5 Å². The van der Waals surface area contributed by atoms with Crippen LogP contribution in [0.1, 0.15) is 65.3 Å². The van der Waals surface area contributed by atoms with Crippen LogP contribution in [0.2, 0.25) is 5.02 Å². The number of thioether (sulfide) groups is 1. The maximum absolute atomic E-state index is 12.9. The molecule has 0 aromatic heterocycles. The van der Waals surface area contributed by atoms with Crippen LogP contribution in [0.3, 0.4) is 0 Å². The molecule has 3 aromatic carbocycles. The molecule has 0 saturated carbocycles. The van der Waals surface area contributed by atoms with Crippen LogP contribution in [0, 0.1) is 6.92 Å². The van der Waals surface area contributed by atoms with Gasteiger partial charge in [-0.15, -0.1) is 11.8 Å². The van der Waals surface area contributed by atoms with Gasteiger partial charge in [-0.25, -0.2) is 0 Å². The van der Waals surface area contributed by atoms with Crippen molar-refractivity contribution in [3.8, 4) is 5.75 Å². The van der Waals surface area contributed by atoms with E-state index in [-0.39, 0.29) is 11.9 Å². The zero-order chi connectivity index (χ0) is 23.3. The lowest BCUT2D eigenvalue weighted by Gasteiger charge is -2.21. The van der Waals surface area contributed by atoms with E-state index in [0.717, 1.165) is 33.2 Å². The fraction of sp³-hybridized carbons (Fsp3) is 0.296. The highest BCUT2D eigenvalue weighted by Gasteiger charge is 2.17. The topological polar surface area (TPSA) is 38.3 Å². The Bertz CT molecular complexity index is 1060. The molecule has 0 aliphatic heterocycles. The molecule has 0 aliphatic rings. The number of methoxy groups -OCH3 is 1. The zero-order valence-corrected chi connectivity index (χ0v) is 20.8. The number of rotatable bonds is 8. The zero-order valence-electron chi connectivity index (χ0n) is 19.2. The maximum atomic E-state index is 12.9. The number of carbonyl (C=O) groups is 1. The summed E-state index contributed by atoms with van der Waals surface area (Å²) in [6.45, 7) is 8.37. The molecule has 1 amide bonds. The second-order valence-electron chi connectivity index (χ2n) is 8.24. The number of halogens is 1. The van der Waals surface area contributed by atoms with E-state index in [1.54, 1.807) is 18.9 Å². The van der Waals surface area contributed by atoms with Crippen LogP contribution < -0.4 is 10.1 Å². The van der Waals surface area contributed by atoms with Gasteiger partial charge in [-0.3, -0.25) is 4.79 Å². The van der Waals surface area contributed by atoms with Crippen LogP contribution in [0.25, 0.3) is 0 Å². The number of benzene rings is 3. The van der Waals surface area contributed by atoms with E-state index in [1.807, 2.05) is 55.5 Å². The Morgan fingerprint density at radius 1 is 1.00 bits per heavy atom. The third-order valence-electron chi connectivity index (χ3n) is 5.49. The van der Waals surface area contributed by atoms with Crippen LogP contribution >= 0.6 is 23.4 Å². The van der Waals surface area contributed by atoms with Gasteiger partial charge in [-0.05, 0) is 90.6 Å². The minimum absolute atomic E-state index is 0.0734. The summed E-state index contributed by atoms with van der Waals surface area (Å²) >= 11 is 7.68. The summed E-state index contributed by atoms with van der Waals surface area (Å²) in [4.78, 5) is 14.0. The Balaban J connectivity index is 1.65. The number of ether oxygens (including phenoxy) is 1. The van der Waals surface area contributed by atoms with E-state index < -0.39 is 0 Å². The maximum Gasteiger partial charge on any atom is 0.251 e. The molecule has 0 heterocycles. The predicted octanol–water partition coefficient (Wildman–Crippen LogP) is 7.56. The molecule has 0 saturated heterocycles. The molecule has 1 atom stereocenters. The molecule has 5 heteroatoms. The predicted molar refractivity (Wildman–Crippen MR) is 135 cm³/mol. The van der Waals surface area contributed by atoms with Gasteiger partial charge in [0.25, 0.3) is 5.91 Å². The number of hydrogen-bond donors (Lipinski definition) is 1. The summed E-state index contributed by atoms with van der Waals surface area (Å²) in [5.41, 5.74) is 5.19. The Hall–Kier alpha value is -2.43. The first kappa shape index (κ1) is 24.2. The van der Waals surface area contributed by atoms with Gasteiger partial charge in [-0.2, -0.15) is 0 Å². The van der Waals surface area contributed by atoms with Crippen LogP contribution in [0.4, 0.5) is 0 Å². The van der Waals surface area contributed by atoms with Crippen molar-refractivity contribution >= 4 is 29.3 Å². The van der Waals surface area contributed by atoms with Crippen LogP contribution in [-0.2, 0) is 5.75 Å². The van der Waals surface area contributed by atoms with Gasteiger partial charge in [0.05, 0.1) is 13.2 Å². The van der Waals surface area contributed by atoms with E-state index in [9.17, 15) is 4.79 Å². The molecule has 3 aromatic rings. The van der Waals surface area contributed by atoms with Gasteiger partial charge < -0.3 is 10.1 Å². The van der Waals surface area contributed by atoms with Crippen molar-refractivity contribution in [3.63, 3.8) is 0 Å². The first-order valence-electron chi connectivity index (χ1n) is 10.7. The molecular weight excluding hydrogens is 438 g/mol. The Morgan fingerprint density at radius 3 is 2.25 bits per heavy atom. The number of nitrogens with one attached hydrogen (secondary N) is 1. The van der Waals surface area contributed by atoms with Gasteiger partial charge in [0.2, 0.25) is 0 Å². The summed E-state index contributed by atoms with van der Waals surface area (Å²) in [5.74, 6) is 2.00. The van der Waals surface area contributed by atoms with Crippen molar-refractivity contribution in [3.05, 3.63) is 93.5 Å². The Kier molecular flexibility index (Phi) is 8.27. The second-order valence-corrected chi connectivity index (χ2v) is 9.73. The first-order valence-corrected chi connectivity index (χ1v) is 12.1. The fourth-order valence-corrected chi connectivity index (χ4v) is 4.60. The van der Waals surface area contributed by atoms with Gasteiger partial charge in [0.1, 0.15) is 5.75 Å². The number of amides is 1. The third kappa shape index (κ3) is 6.08. The lowest BCUT2D eigenvalue weighted by Crippen LogP contribution is -2.27. The van der Waals surface area contributed by atoms with Crippen molar-refractivity contribution in [2.75, 3.05) is 7.11 Å². The summed E-state index contributed by atoms with van der Waals surface area (Å²) < 4.78 is 5.54. The summed E-state index contributed by atoms with van der Waals surface area (Å²) in [6.07, 6.45) is 0. The number of carbonyl (C=O) groups excluding carboxylic acids is 1. The van der Waals surface area contributed by atoms with E-state index in [2.05, 4.69) is 38.2 Å². The molecule has 3 nitrogen and oxygen atoms in total. The average Bonchev–Trinajstić information content (AvgIpc) is 2.78. The van der Waals surface area contributed by atoms with Crippen molar-refractivity contribution < 1.29 is 9.53 Å². The molecule has 0 spiro atoms. The average molecular weight is 468 g/mol. The molecule has 0 unspecified atom stereocenters. The highest BCUT2D eigenvalue weighted by molar-refractivity contribution is 7.98. The Labute approximate surface area is 200 Å². The summed E-state index contributed by atoms with van der Waals surface area (Å²) in [5, 5.41) is 3.88. The molecule has 0 radical (unpaired) electrons. The number of hydrogen-bond acceptors (Lipinski definition) is 3. The Morgan fingerprint density at radius 2 is 1.66 bits per heavy atom. The minimum Gasteiger partial charge on any atom is -0.496 e. The van der Waals surface area contributed by atoms with Gasteiger partial charge >= 0.3 is 0 Å². The van der Waals surface area contributed by atoms with Crippen molar-refractivity contribution in [2.24, 2.45) is 0 Å². The highest BCUT2D eigenvalue weighted by atomic mass is 35.5. The molecular formula is C27H30ClNO2S. The monoisotopic (exact) mass is 467 g/mol. The standard InChI is InChI=1S/C27H30ClNO2S/c1-17(2)24-15-25(18(3)14-26(24)31-5)19(4)29-27(30)21-8-6-20(7-9-21)16-32-23-12-10-22(28)11-13-23/h6-15,17,19H,16H2,1-5H3,(H,29,30)/t19-/m0/s1. The fourth-order valence-electron chi connectivity index (χ4n) is 3.62. The first-order chi connectivity index (χ1) is 15.3. The third-order valence-corrected chi connectivity index (χ3v) is 6.82. The normalized spacial score (nSPS) is 12.0. The molecule has 0 fully saturated rings. The second kappa shape index (κ2) is 10.9. The molecule has 32 heavy (non-hydrogen) atoms. The van der Waals surface area contributed by atoms with Crippen molar-refractivity contribution in [1.29, 1.82) is 0 Å². The van der Waals surface area contributed by atoms with Crippen molar-refractivity contribution in [2.45, 2.75) is 50.3 Å². The van der Waals surface area contributed by atoms with E-state index >= 15 is 0 Å². The number of aryl methyl sites for hydroxylation is 1. The van der Waals surface area contributed by atoms with E-state index in [4.69, 9.17) is 16.3 Å². The van der Waals surface area contributed by atoms with Gasteiger partial charge in [0.15, 0.2) is 0 Å². The molecule has 1 N–H and O–H groups in total. The molecule has 0 bridgehead atoms. The molecule has 168 valence electrons. The highest BCUT2D eigenvalue weighted by Crippen LogP contribution is 2.32. The smallest absolute Gasteiger partial charge is 0.251 e. The largest absolute Gasteiger partial charge is 0.496 e. The van der Waals surface area contributed by atoms with Crippen molar-refractivity contribution in [1.82, 2.24) is 5.32 Å². The SMILES string of the molecule is COc1cc(C)c([C@H](C)NC(=O)c2ccc(CSc3ccc(Cl)cc3)cc2)cc1C(C)C. The minimum atomic E-state index is -0.106. The quantitative estimate of drug-likeness (QED) is 0.347.